The minimum Gasteiger partial charge on any atom is -0.392 e. The second-order valence-corrected chi connectivity index (χ2v) is 4.42. The van der Waals surface area contributed by atoms with Crippen LogP contribution in [0, 0.1) is 5.82 Å². The number of hydrogen-bond donors (Lipinski definition) is 1. The lowest BCUT2D eigenvalue weighted by Gasteiger charge is -2.04. The van der Waals surface area contributed by atoms with Gasteiger partial charge in [0.2, 0.25) is 0 Å². The van der Waals surface area contributed by atoms with Crippen LogP contribution in [0.5, 0.6) is 0 Å². The Balaban J connectivity index is 2.28. The van der Waals surface area contributed by atoms with Gasteiger partial charge in [0.25, 0.3) is 0 Å². The van der Waals surface area contributed by atoms with Gasteiger partial charge in [0, 0.05) is 24.3 Å². The van der Waals surface area contributed by atoms with Crippen molar-refractivity contribution >= 4 is 11.8 Å². The molecular weight excluding hydrogens is 227 g/mol. The van der Waals surface area contributed by atoms with Gasteiger partial charge in [0.1, 0.15) is 5.82 Å². The van der Waals surface area contributed by atoms with E-state index in [4.69, 9.17) is 5.11 Å². The van der Waals surface area contributed by atoms with Crippen molar-refractivity contribution in [2.24, 2.45) is 7.05 Å². The molecule has 0 bridgehead atoms. The zero-order valence-electron chi connectivity index (χ0n) is 8.72. The summed E-state index contributed by atoms with van der Waals surface area (Å²) < 4.78 is 15.0. The fourth-order valence-corrected chi connectivity index (χ4v) is 2.24. The molecule has 0 amide bonds. The van der Waals surface area contributed by atoms with Crippen molar-refractivity contribution < 1.29 is 9.50 Å². The summed E-state index contributed by atoms with van der Waals surface area (Å²) in [5, 5.41) is 9.76. The van der Waals surface area contributed by atoms with Crippen LogP contribution >= 0.6 is 11.8 Å². The highest BCUT2D eigenvalue weighted by Crippen LogP contribution is 2.27. The molecule has 84 valence electrons. The number of nitrogens with zero attached hydrogens (tertiary/aromatic N) is 2. The smallest absolute Gasteiger partial charge is 0.172 e. The molecule has 2 aromatic rings. The summed E-state index contributed by atoms with van der Waals surface area (Å²) in [5.41, 5.74) is 0.566. The summed E-state index contributed by atoms with van der Waals surface area (Å²) in [6.45, 7) is -0.161. The minimum atomic E-state index is -0.344. The van der Waals surface area contributed by atoms with Crippen LogP contribution in [-0.4, -0.2) is 14.7 Å². The molecule has 0 saturated carbocycles. The Kier molecular flexibility index (Phi) is 3.26. The van der Waals surface area contributed by atoms with Gasteiger partial charge >= 0.3 is 0 Å². The highest BCUT2D eigenvalue weighted by Gasteiger charge is 2.05. The Morgan fingerprint density at radius 3 is 2.88 bits per heavy atom. The third kappa shape index (κ3) is 2.43. The van der Waals surface area contributed by atoms with Crippen molar-refractivity contribution in [3.05, 3.63) is 42.0 Å². The number of aliphatic hydroxyl groups is 1. The van der Waals surface area contributed by atoms with Crippen LogP contribution in [-0.2, 0) is 13.7 Å². The summed E-state index contributed by atoms with van der Waals surface area (Å²) in [6, 6.07) is 4.50. The molecule has 0 unspecified atom stereocenters. The van der Waals surface area contributed by atoms with Gasteiger partial charge < -0.3 is 9.67 Å². The Bertz CT molecular complexity index is 498. The number of aryl methyl sites for hydroxylation is 1. The molecule has 0 saturated heterocycles. The van der Waals surface area contributed by atoms with Gasteiger partial charge in [0.15, 0.2) is 5.16 Å². The monoisotopic (exact) mass is 238 g/mol. The van der Waals surface area contributed by atoms with E-state index in [0.29, 0.717) is 5.56 Å². The first-order valence-electron chi connectivity index (χ1n) is 4.74. The van der Waals surface area contributed by atoms with E-state index in [-0.39, 0.29) is 12.4 Å². The fraction of sp³-hybridized carbons (Fsp3) is 0.182. The molecule has 1 N–H and O–H groups in total. The Morgan fingerprint density at radius 1 is 1.44 bits per heavy atom. The van der Waals surface area contributed by atoms with Gasteiger partial charge in [-0.2, -0.15) is 0 Å². The molecule has 0 atom stereocenters. The third-order valence-electron chi connectivity index (χ3n) is 2.10. The molecular formula is C11H11FN2OS. The standard InChI is InChI=1S/C11H11FN2OS/c1-14-3-2-13-11(14)16-10-5-8(7-15)4-9(12)6-10/h2-6,15H,7H2,1H3. The van der Waals surface area contributed by atoms with E-state index >= 15 is 0 Å². The van der Waals surface area contributed by atoms with Gasteiger partial charge in [-0.05, 0) is 23.8 Å². The van der Waals surface area contributed by atoms with E-state index in [9.17, 15) is 4.39 Å². The molecule has 1 heterocycles. The van der Waals surface area contributed by atoms with Crippen LogP contribution in [0.15, 0.2) is 40.6 Å². The number of halogens is 1. The Morgan fingerprint density at radius 2 is 2.25 bits per heavy atom. The SMILES string of the molecule is Cn1ccnc1Sc1cc(F)cc(CO)c1. The maximum atomic E-state index is 13.2. The maximum absolute atomic E-state index is 13.2. The Hall–Kier alpha value is -1.33. The average Bonchev–Trinajstić information content (AvgIpc) is 2.63. The second-order valence-electron chi connectivity index (χ2n) is 3.38. The van der Waals surface area contributed by atoms with Crippen LogP contribution in [0.1, 0.15) is 5.56 Å². The average molecular weight is 238 g/mol. The lowest BCUT2D eigenvalue weighted by molar-refractivity contribution is 0.281. The number of aliphatic hydroxyl groups excluding tert-OH is 1. The molecule has 0 fully saturated rings. The Labute approximate surface area is 96.9 Å². The molecule has 1 aromatic carbocycles. The predicted octanol–water partition coefficient (Wildman–Crippen LogP) is 2.20. The largest absolute Gasteiger partial charge is 0.392 e. The van der Waals surface area contributed by atoms with Crippen molar-refractivity contribution in [1.82, 2.24) is 9.55 Å². The number of benzene rings is 1. The van der Waals surface area contributed by atoms with Gasteiger partial charge in [-0.25, -0.2) is 9.37 Å². The zero-order valence-corrected chi connectivity index (χ0v) is 9.54. The van der Waals surface area contributed by atoms with Gasteiger partial charge in [-0.15, -0.1) is 0 Å². The molecule has 16 heavy (non-hydrogen) atoms. The van der Waals surface area contributed by atoms with Crippen LogP contribution in [0.4, 0.5) is 4.39 Å². The third-order valence-corrected chi connectivity index (χ3v) is 3.15. The van der Waals surface area contributed by atoms with Crippen LogP contribution in [0.3, 0.4) is 0 Å². The molecule has 5 heteroatoms. The number of rotatable bonds is 3. The predicted molar refractivity (Wildman–Crippen MR) is 59.7 cm³/mol. The summed E-state index contributed by atoms with van der Waals surface area (Å²) >= 11 is 1.37. The molecule has 2 rings (SSSR count). The zero-order chi connectivity index (χ0) is 11.5. The van der Waals surface area contributed by atoms with E-state index in [1.54, 1.807) is 12.3 Å². The lowest BCUT2D eigenvalue weighted by Crippen LogP contribution is -1.90. The number of hydrogen-bond acceptors (Lipinski definition) is 3. The molecule has 0 radical (unpaired) electrons. The first kappa shape index (κ1) is 11.2. The topological polar surface area (TPSA) is 38.0 Å². The highest BCUT2D eigenvalue weighted by atomic mass is 32.2. The highest BCUT2D eigenvalue weighted by molar-refractivity contribution is 7.99. The summed E-state index contributed by atoms with van der Waals surface area (Å²) in [5.74, 6) is -0.344. The second kappa shape index (κ2) is 4.67. The van der Waals surface area contributed by atoms with Crippen molar-refractivity contribution in [2.45, 2.75) is 16.7 Å². The first-order chi connectivity index (χ1) is 7.69. The number of imidazole rings is 1. The maximum Gasteiger partial charge on any atom is 0.172 e. The lowest BCUT2D eigenvalue weighted by atomic mass is 10.2. The van der Waals surface area contributed by atoms with Gasteiger partial charge in [-0.3, -0.25) is 0 Å². The summed E-state index contributed by atoms with van der Waals surface area (Å²) in [4.78, 5) is 4.87. The summed E-state index contributed by atoms with van der Waals surface area (Å²) in [7, 11) is 1.88. The molecule has 0 aliphatic carbocycles. The van der Waals surface area contributed by atoms with E-state index in [1.807, 2.05) is 17.8 Å². The van der Waals surface area contributed by atoms with Crippen molar-refractivity contribution in [1.29, 1.82) is 0 Å². The van der Waals surface area contributed by atoms with Crippen LogP contribution < -0.4 is 0 Å². The van der Waals surface area contributed by atoms with Crippen LogP contribution in [0.2, 0.25) is 0 Å². The van der Waals surface area contributed by atoms with Crippen LogP contribution in [0.25, 0.3) is 0 Å². The molecule has 0 spiro atoms. The van der Waals surface area contributed by atoms with E-state index in [1.165, 1.54) is 23.9 Å². The fourth-order valence-electron chi connectivity index (χ4n) is 1.33. The van der Waals surface area contributed by atoms with Crippen molar-refractivity contribution in [3.8, 4) is 0 Å². The van der Waals surface area contributed by atoms with E-state index < -0.39 is 0 Å². The van der Waals surface area contributed by atoms with E-state index in [0.717, 1.165) is 10.1 Å². The van der Waals surface area contributed by atoms with Gasteiger partial charge in [0.05, 0.1) is 6.61 Å². The van der Waals surface area contributed by atoms with E-state index in [2.05, 4.69) is 4.98 Å². The molecule has 3 nitrogen and oxygen atoms in total. The molecule has 0 aliphatic rings. The molecule has 0 aliphatic heterocycles. The summed E-state index contributed by atoms with van der Waals surface area (Å²) in [6.07, 6.45) is 3.52. The van der Waals surface area contributed by atoms with Gasteiger partial charge in [-0.1, -0.05) is 11.8 Å². The first-order valence-corrected chi connectivity index (χ1v) is 5.56. The molecule has 1 aromatic heterocycles. The van der Waals surface area contributed by atoms with Crippen molar-refractivity contribution in [3.63, 3.8) is 0 Å². The normalized spacial score (nSPS) is 10.7. The number of aromatic nitrogens is 2. The minimum absolute atomic E-state index is 0.161. The van der Waals surface area contributed by atoms with Crippen molar-refractivity contribution in [2.75, 3.05) is 0 Å². The quantitative estimate of drug-likeness (QED) is 0.890.